The SMILES string of the molecule is Fc1cc(F)c(C2c3cccn3CCCN2Cc2ccc(Cl)cc2)cc1F. The van der Waals surface area contributed by atoms with Crippen LogP contribution in [0.15, 0.2) is 54.7 Å². The Morgan fingerprint density at radius 3 is 2.44 bits per heavy atom. The predicted molar refractivity (Wildman–Crippen MR) is 99.1 cm³/mol. The highest BCUT2D eigenvalue weighted by Crippen LogP contribution is 2.35. The summed E-state index contributed by atoms with van der Waals surface area (Å²) in [4.78, 5) is 2.10. The minimum Gasteiger partial charge on any atom is -0.350 e. The van der Waals surface area contributed by atoms with Crippen molar-refractivity contribution in [2.45, 2.75) is 25.6 Å². The number of nitrogens with zero attached hydrogens (tertiary/aromatic N) is 2. The van der Waals surface area contributed by atoms with Crippen molar-refractivity contribution in [2.24, 2.45) is 0 Å². The highest BCUT2D eigenvalue weighted by molar-refractivity contribution is 6.30. The van der Waals surface area contributed by atoms with Crippen LogP contribution in [-0.2, 0) is 13.1 Å². The van der Waals surface area contributed by atoms with Gasteiger partial charge in [0.1, 0.15) is 5.82 Å². The van der Waals surface area contributed by atoms with Crippen LogP contribution in [0.4, 0.5) is 13.2 Å². The molecule has 1 unspecified atom stereocenters. The molecule has 2 aromatic carbocycles. The molecular formula is C21H18ClF3N2. The molecule has 2 heterocycles. The van der Waals surface area contributed by atoms with E-state index in [2.05, 4.69) is 4.90 Å². The van der Waals surface area contributed by atoms with Gasteiger partial charge in [-0.3, -0.25) is 4.90 Å². The molecule has 0 saturated heterocycles. The van der Waals surface area contributed by atoms with Crippen molar-refractivity contribution in [3.05, 3.63) is 94.0 Å². The standard InChI is InChI=1S/C21H18ClF3N2/c22-15-6-4-14(5-7-15)13-27-10-2-9-26-8-1-3-20(26)21(27)16-11-18(24)19(25)12-17(16)23/h1,3-8,11-12,21H,2,9-10,13H2. The number of hydrogen-bond donors (Lipinski definition) is 0. The van der Waals surface area contributed by atoms with Gasteiger partial charge in [0.15, 0.2) is 11.6 Å². The fourth-order valence-electron chi connectivity index (χ4n) is 3.74. The van der Waals surface area contributed by atoms with Gasteiger partial charge in [-0.25, -0.2) is 13.2 Å². The Kier molecular flexibility index (Phi) is 4.98. The first-order valence-electron chi connectivity index (χ1n) is 8.81. The van der Waals surface area contributed by atoms with E-state index in [4.69, 9.17) is 11.6 Å². The van der Waals surface area contributed by atoms with Crippen LogP contribution in [0, 0.1) is 17.5 Å². The maximum absolute atomic E-state index is 14.7. The lowest BCUT2D eigenvalue weighted by atomic mass is 10.00. The van der Waals surface area contributed by atoms with Gasteiger partial charge in [-0.1, -0.05) is 23.7 Å². The second kappa shape index (κ2) is 7.41. The number of aromatic nitrogens is 1. The van der Waals surface area contributed by atoms with E-state index in [1.807, 2.05) is 47.2 Å². The normalized spacial score (nSPS) is 17.6. The summed E-state index contributed by atoms with van der Waals surface area (Å²) in [7, 11) is 0. The summed E-state index contributed by atoms with van der Waals surface area (Å²) < 4.78 is 44.1. The first-order valence-corrected chi connectivity index (χ1v) is 9.18. The number of hydrogen-bond acceptors (Lipinski definition) is 1. The summed E-state index contributed by atoms with van der Waals surface area (Å²) in [5.41, 5.74) is 2.03. The topological polar surface area (TPSA) is 8.17 Å². The molecule has 1 aromatic heterocycles. The maximum atomic E-state index is 14.7. The zero-order valence-electron chi connectivity index (χ0n) is 14.5. The largest absolute Gasteiger partial charge is 0.350 e. The summed E-state index contributed by atoms with van der Waals surface area (Å²) in [6.07, 6.45) is 2.81. The zero-order chi connectivity index (χ0) is 19.0. The quantitative estimate of drug-likeness (QED) is 0.532. The molecule has 0 bridgehead atoms. The van der Waals surface area contributed by atoms with Crippen LogP contribution in [0.1, 0.15) is 29.3 Å². The van der Waals surface area contributed by atoms with Crippen molar-refractivity contribution in [3.8, 4) is 0 Å². The van der Waals surface area contributed by atoms with Gasteiger partial charge in [0, 0.05) is 48.2 Å². The molecule has 1 aliphatic heterocycles. The maximum Gasteiger partial charge on any atom is 0.161 e. The van der Waals surface area contributed by atoms with E-state index in [9.17, 15) is 13.2 Å². The Hall–Kier alpha value is -2.24. The molecule has 140 valence electrons. The van der Waals surface area contributed by atoms with E-state index >= 15 is 0 Å². The Balaban J connectivity index is 1.79. The molecule has 1 atom stereocenters. The van der Waals surface area contributed by atoms with Gasteiger partial charge < -0.3 is 4.57 Å². The molecule has 2 nitrogen and oxygen atoms in total. The lowest BCUT2D eigenvalue weighted by Crippen LogP contribution is -2.30. The number of fused-ring (bicyclic) bond motifs is 1. The third kappa shape index (κ3) is 3.62. The van der Waals surface area contributed by atoms with E-state index in [0.717, 1.165) is 30.3 Å². The molecule has 6 heteroatoms. The molecule has 0 saturated carbocycles. The fourth-order valence-corrected chi connectivity index (χ4v) is 3.86. The molecule has 0 fully saturated rings. The smallest absolute Gasteiger partial charge is 0.161 e. The van der Waals surface area contributed by atoms with Gasteiger partial charge >= 0.3 is 0 Å². The minimum absolute atomic E-state index is 0.143. The van der Waals surface area contributed by atoms with Crippen LogP contribution in [0.5, 0.6) is 0 Å². The van der Waals surface area contributed by atoms with Crippen molar-refractivity contribution in [1.82, 2.24) is 9.47 Å². The van der Waals surface area contributed by atoms with Gasteiger partial charge in [0.2, 0.25) is 0 Å². The molecule has 27 heavy (non-hydrogen) atoms. The number of aryl methyl sites for hydroxylation is 1. The van der Waals surface area contributed by atoms with Crippen molar-refractivity contribution >= 4 is 11.6 Å². The van der Waals surface area contributed by atoms with Gasteiger partial charge in [-0.15, -0.1) is 0 Å². The molecule has 0 amide bonds. The minimum atomic E-state index is -1.18. The molecule has 0 N–H and O–H groups in total. The van der Waals surface area contributed by atoms with Crippen LogP contribution < -0.4 is 0 Å². The molecule has 4 rings (SSSR count). The third-order valence-electron chi connectivity index (χ3n) is 4.99. The molecule has 0 aliphatic carbocycles. The predicted octanol–water partition coefficient (Wildman–Crippen LogP) is 5.55. The molecule has 1 aliphatic rings. The van der Waals surface area contributed by atoms with E-state index in [-0.39, 0.29) is 5.56 Å². The summed E-state index contributed by atoms with van der Waals surface area (Å²) >= 11 is 5.97. The summed E-state index contributed by atoms with van der Waals surface area (Å²) in [6, 6.07) is 12.4. The summed E-state index contributed by atoms with van der Waals surface area (Å²) in [5.74, 6) is -2.96. The average molecular weight is 391 g/mol. The second-order valence-corrected chi connectivity index (χ2v) is 7.20. The first kappa shape index (κ1) is 18.1. The number of benzene rings is 2. The highest BCUT2D eigenvalue weighted by atomic mass is 35.5. The van der Waals surface area contributed by atoms with Gasteiger partial charge in [0.05, 0.1) is 6.04 Å². The van der Waals surface area contributed by atoms with E-state index in [1.165, 1.54) is 0 Å². The highest BCUT2D eigenvalue weighted by Gasteiger charge is 2.30. The molecule has 3 aromatic rings. The van der Waals surface area contributed by atoms with Crippen LogP contribution in [0.3, 0.4) is 0 Å². The molecular weight excluding hydrogens is 373 g/mol. The van der Waals surface area contributed by atoms with Crippen molar-refractivity contribution in [3.63, 3.8) is 0 Å². The van der Waals surface area contributed by atoms with Crippen molar-refractivity contribution in [2.75, 3.05) is 6.54 Å². The lowest BCUT2D eigenvalue weighted by molar-refractivity contribution is 0.216. The Morgan fingerprint density at radius 1 is 0.926 bits per heavy atom. The average Bonchev–Trinajstić information content (AvgIpc) is 3.03. The van der Waals surface area contributed by atoms with Crippen LogP contribution in [0.25, 0.3) is 0 Å². The van der Waals surface area contributed by atoms with Crippen LogP contribution in [0.2, 0.25) is 5.02 Å². The van der Waals surface area contributed by atoms with Crippen LogP contribution >= 0.6 is 11.6 Å². The molecule has 0 spiro atoms. The first-order chi connectivity index (χ1) is 13.0. The van der Waals surface area contributed by atoms with E-state index in [0.29, 0.717) is 24.2 Å². The molecule has 0 radical (unpaired) electrons. The Bertz CT molecular complexity index is 953. The van der Waals surface area contributed by atoms with Crippen molar-refractivity contribution < 1.29 is 13.2 Å². The third-order valence-corrected chi connectivity index (χ3v) is 5.24. The zero-order valence-corrected chi connectivity index (χ0v) is 15.3. The monoisotopic (exact) mass is 390 g/mol. The van der Waals surface area contributed by atoms with Gasteiger partial charge in [-0.2, -0.15) is 0 Å². The Labute approximate surface area is 160 Å². The summed E-state index contributed by atoms with van der Waals surface area (Å²) in [5, 5.41) is 0.645. The van der Waals surface area contributed by atoms with Gasteiger partial charge in [-0.05, 0) is 42.3 Å². The van der Waals surface area contributed by atoms with Crippen molar-refractivity contribution in [1.29, 1.82) is 0 Å². The van der Waals surface area contributed by atoms with Crippen LogP contribution in [-0.4, -0.2) is 16.0 Å². The summed E-state index contributed by atoms with van der Waals surface area (Å²) in [6.45, 7) is 2.04. The lowest BCUT2D eigenvalue weighted by Gasteiger charge is -2.31. The van der Waals surface area contributed by atoms with E-state index < -0.39 is 23.5 Å². The fraction of sp³-hybridized carbons (Fsp3) is 0.238. The second-order valence-electron chi connectivity index (χ2n) is 6.77. The van der Waals surface area contributed by atoms with E-state index in [1.54, 1.807) is 0 Å². The number of halogens is 4. The number of rotatable bonds is 3. The Morgan fingerprint density at radius 2 is 1.67 bits per heavy atom. The van der Waals surface area contributed by atoms with Gasteiger partial charge in [0.25, 0.3) is 0 Å².